The molecule has 0 radical (unpaired) electrons. The van der Waals surface area contributed by atoms with Crippen molar-refractivity contribution >= 4 is 0 Å². The number of hydrogen-bond donors (Lipinski definition) is 0. The summed E-state index contributed by atoms with van der Waals surface area (Å²) in [5.74, 6) is 0.661. The second-order valence-corrected chi connectivity index (χ2v) is 4.94. The Morgan fingerprint density at radius 2 is 1.35 bits per heavy atom. The molecule has 0 aliphatic carbocycles. The minimum absolute atomic E-state index is 0.661. The Balaban J connectivity index is 0.000000956. The second-order valence-electron chi connectivity index (χ2n) is 4.94. The van der Waals surface area contributed by atoms with E-state index in [0.717, 1.165) is 6.42 Å². The molecule has 0 N–H and O–H groups in total. The van der Waals surface area contributed by atoms with Gasteiger partial charge in [0.25, 0.3) is 0 Å². The highest BCUT2D eigenvalue weighted by molar-refractivity contribution is 5.24. The van der Waals surface area contributed by atoms with Gasteiger partial charge in [0.15, 0.2) is 0 Å². The van der Waals surface area contributed by atoms with E-state index in [-0.39, 0.29) is 0 Å². The van der Waals surface area contributed by atoms with Crippen LogP contribution < -0.4 is 0 Å². The van der Waals surface area contributed by atoms with Gasteiger partial charge in [-0.15, -0.1) is 0 Å². The molecule has 20 heavy (non-hydrogen) atoms. The molecule has 1 atom stereocenters. The molecule has 1 unspecified atom stereocenters. The Morgan fingerprint density at radius 1 is 0.800 bits per heavy atom. The van der Waals surface area contributed by atoms with Crippen molar-refractivity contribution in [1.82, 2.24) is 0 Å². The fourth-order valence-corrected chi connectivity index (χ4v) is 2.46. The highest BCUT2D eigenvalue weighted by Gasteiger charge is 2.11. The summed E-state index contributed by atoms with van der Waals surface area (Å²) in [5.41, 5.74) is 2.93. The van der Waals surface area contributed by atoms with Crippen LogP contribution in [0.1, 0.15) is 57.1 Å². The first kappa shape index (κ1) is 16.5. The van der Waals surface area contributed by atoms with Crippen molar-refractivity contribution in [3.63, 3.8) is 0 Å². The maximum Gasteiger partial charge on any atom is -0.0121 e. The van der Waals surface area contributed by atoms with Crippen LogP contribution in [-0.2, 0) is 6.42 Å². The van der Waals surface area contributed by atoms with Gasteiger partial charge in [-0.05, 0) is 29.9 Å². The minimum atomic E-state index is 0.661. The van der Waals surface area contributed by atoms with Crippen LogP contribution in [0.3, 0.4) is 0 Å². The molecule has 0 saturated heterocycles. The van der Waals surface area contributed by atoms with E-state index in [2.05, 4.69) is 67.6 Å². The largest absolute Gasteiger partial charge is 0.0683 e. The number of unbranched alkanes of at least 4 members (excludes halogenated alkanes) is 1. The Bertz CT molecular complexity index is 430. The Morgan fingerprint density at radius 3 is 1.90 bits per heavy atom. The molecule has 0 nitrogen and oxygen atoms in total. The zero-order valence-electron chi connectivity index (χ0n) is 13.2. The maximum atomic E-state index is 2.27. The summed E-state index contributed by atoms with van der Waals surface area (Å²) in [6.45, 7) is 6.27. The Labute approximate surface area is 124 Å². The molecule has 0 aliphatic heterocycles. The second kappa shape index (κ2) is 10.3. The highest BCUT2D eigenvalue weighted by atomic mass is 14.2. The van der Waals surface area contributed by atoms with E-state index in [1.165, 1.54) is 30.4 Å². The molecular weight excluding hydrogens is 240 g/mol. The lowest BCUT2D eigenvalue weighted by Gasteiger charge is -2.17. The van der Waals surface area contributed by atoms with Gasteiger partial charge in [-0.1, -0.05) is 94.3 Å². The predicted molar refractivity (Wildman–Crippen MR) is 90.2 cm³/mol. The molecule has 0 aromatic heterocycles. The van der Waals surface area contributed by atoms with E-state index in [1.54, 1.807) is 0 Å². The van der Waals surface area contributed by atoms with Crippen LogP contribution >= 0.6 is 0 Å². The molecule has 0 heterocycles. The zero-order valence-corrected chi connectivity index (χ0v) is 13.2. The van der Waals surface area contributed by atoms with Crippen LogP contribution in [0, 0.1) is 0 Å². The van der Waals surface area contributed by atoms with Gasteiger partial charge in [0.05, 0.1) is 0 Å². The van der Waals surface area contributed by atoms with E-state index in [9.17, 15) is 0 Å². The van der Waals surface area contributed by atoms with Crippen LogP contribution in [0.5, 0.6) is 0 Å². The number of benzene rings is 2. The number of rotatable bonds is 6. The zero-order chi connectivity index (χ0) is 14.6. The maximum absolute atomic E-state index is 2.27. The first-order valence-electron chi connectivity index (χ1n) is 7.99. The molecule has 0 spiro atoms. The third-order valence-electron chi connectivity index (χ3n) is 3.50. The standard InChI is InChI=1S/C18H22.C2H6/c1-2-3-12-18(17-13-8-5-9-14-17)15-16-10-6-4-7-11-16;1-2/h4-11,13-14,18H,2-3,12,15H2,1H3;1-2H3. The molecule has 2 aromatic rings. The molecule has 2 aromatic carbocycles. The van der Waals surface area contributed by atoms with Gasteiger partial charge in [-0.3, -0.25) is 0 Å². The average Bonchev–Trinajstić information content (AvgIpc) is 2.55. The summed E-state index contributed by atoms with van der Waals surface area (Å²) in [6, 6.07) is 21.8. The summed E-state index contributed by atoms with van der Waals surface area (Å²) >= 11 is 0. The van der Waals surface area contributed by atoms with Gasteiger partial charge < -0.3 is 0 Å². The Hall–Kier alpha value is -1.56. The van der Waals surface area contributed by atoms with Crippen LogP contribution in [-0.4, -0.2) is 0 Å². The van der Waals surface area contributed by atoms with E-state index < -0.39 is 0 Å². The molecule has 0 heteroatoms. The molecule has 0 amide bonds. The summed E-state index contributed by atoms with van der Waals surface area (Å²) < 4.78 is 0. The quantitative estimate of drug-likeness (QED) is 0.582. The van der Waals surface area contributed by atoms with Gasteiger partial charge in [-0.2, -0.15) is 0 Å². The molecule has 0 saturated carbocycles. The lowest BCUT2D eigenvalue weighted by atomic mass is 9.88. The van der Waals surface area contributed by atoms with Crippen molar-refractivity contribution in [3.05, 3.63) is 71.8 Å². The van der Waals surface area contributed by atoms with Gasteiger partial charge >= 0.3 is 0 Å². The molecule has 0 bridgehead atoms. The Kier molecular flexibility index (Phi) is 8.46. The van der Waals surface area contributed by atoms with Gasteiger partial charge in [0.2, 0.25) is 0 Å². The van der Waals surface area contributed by atoms with Gasteiger partial charge in [0, 0.05) is 0 Å². The summed E-state index contributed by atoms with van der Waals surface area (Å²) in [4.78, 5) is 0. The first-order chi connectivity index (χ1) is 9.90. The average molecular weight is 268 g/mol. The van der Waals surface area contributed by atoms with Crippen molar-refractivity contribution in [1.29, 1.82) is 0 Å². The van der Waals surface area contributed by atoms with Crippen LogP contribution in [0.15, 0.2) is 60.7 Å². The highest BCUT2D eigenvalue weighted by Crippen LogP contribution is 2.26. The molecule has 0 fully saturated rings. The van der Waals surface area contributed by atoms with Crippen molar-refractivity contribution in [2.75, 3.05) is 0 Å². The molecule has 0 aliphatic rings. The SMILES string of the molecule is CC.CCCCC(Cc1ccccc1)c1ccccc1. The normalized spacial score (nSPS) is 11.3. The topological polar surface area (TPSA) is 0 Å². The van der Waals surface area contributed by atoms with Crippen molar-refractivity contribution in [3.8, 4) is 0 Å². The van der Waals surface area contributed by atoms with Gasteiger partial charge in [0.1, 0.15) is 0 Å². The van der Waals surface area contributed by atoms with E-state index in [1.807, 2.05) is 13.8 Å². The van der Waals surface area contributed by atoms with Crippen molar-refractivity contribution in [2.45, 2.75) is 52.4 Å². The van der Waals surface area contributed by atoms with E-state index >= 15 is 0 Å². The molecule has 108 valence electrons. The van der Waals surface area contributed by atoms with Crippen LogP contribution in [0.25, 0.3) is 0 Å². The third-order valence-corrected chi connectivity index (χ3v) is 3.50. The van der Waals surface area contributed by atoms with Crippen LogP contribution in [0.2, 0.25) is 0 Å². The predicted octanol–water partition coefficient (Wildman–Crippen LogP) is 6.23. The molecular formula is C20H28. The number of hydrogen-bond acceptors (Lipinski definition) is 0. The van der Waals surface area contributed by atoms with Crippen molar-refractivity contribution < 1.29 is 0 Å². The fraction of sp³-hybridized carbons (Fsp3) is 0.400. The fourth-order valence-electron chi connectivity index (χ4n) is 2.46. The van der Waals surface area contributed by atoms with E-state index in [0.29, 0.717) is 5.92 Å². The van der Waals surface area contributed by atoms with Crippen molar-refractivity contribution in [2.24, 2.45) is 0 Å². The monoisotopic (exact) mass is 268 g/mol. The minimum Gasteiger partial charge on any atom is -0.0683 e. The van der Waals surface area contributed by atoms with E-state index in [4.69, 9.17) is 0 Å². The third kappa shape index (κ3) is 5.61. The molecule has 2 rings (SSSR count). The first-order valence-corrected chi connectivity index (χ1v) is 7.99. The summed E-state index contributed by atoms with van der Waals surface area (Å²) in [5, 5.41) is 0. The summed E-state index contributed by atoms with van der Waals surface area (Å²) in [7, 11) is 0. The lowest BCUT2D eigenvalue weighted by molar-refractivity contribution is 0.581. The smallest absolute Gasteiger partial charge is 0.0121 e. The van der Waals surface area contributed by atoms with Gasteiger partial charge in [-0.25, -0.2) is 0 Å². The van der Waals surface area contributed by atoms with Crippen LogP contribution in [0.4, 0.5) is 0 Å². The lowest BCUT2D eigenvalue weighted by Crippen LogP contribution is -2.03. The summed E-state index contributed by atoms with van der Waals surface area (Å²) in [6.07, 6.45) is 5.03.